The third kappa shape index (κ3) is 1.69. The average molecular weight is 260 g/mol. The molecule has 0 radical (unpaired) electrons. The molecule has 0 aliphatic carbocycles. The Balaban J connectivity index is 1.81. The van der Waals surface area contributed by atoms with Crippen molar-refractivity contribution in [2.45, 2.75) is 18.9 Å². The highest BCUT2D eigenvalue weighted by Crippen LogP contribution is 2.41. The van der Waals surface area contributed by atoms with E-state index in [-0.39, 0.29) is 11.9 Å². The molecule has 0 bridgehead atoms. The van der Waals surface area contributed by atoms with Crippen LogP contribution in [-0.2, 0) is 11.2 Å². The molecule has 1 aromatic carbocycles. The molecule has 1 aromatic rings. The van der Waals surface area contributed by atoms with Crippen molar-refractivity contribution in [2.24, 2.45) is 0 Å². The van der Waals surface area contributed by atoms with Crippen molar-refractivity contribution in [1.29, 1.82) is 0 Å². The van der Waals surface area contributed by atoms with Gasteiger partial charge in [-0.2, -0.15) is 0 Å². The van der Waals surface area contributed by atoms with E-state index in [4.69, 9.17) is 9.47 Å². The molecule has 0 spiro atoms. The van der Waals surface area contributed by atoms with Crippen LogP contribution in [0.2, 0.25) is 0 Å². The fraction of sp³-hybridized carbons (Fsp3) is 0.500. The number of rotatable bonds is 0. The van der Waals surface area contributed by atoms with Crippen LogP contribution < -0.4 is 19.7 Å². The molecule has 19 heavy (non-hydrogen) atoms. The zero-order valence-corrected chi connectivity index (χ0v) is 10.6. The van der Waals surface area contributed by atoms with Gasteiger partial charge in [-0.3, -0.25) is 4.79 Å². The van der Waals surface area contributed by atoms with Gasteiger partial charge in [0.05, 0.1) is 12.2 Å². The van der Waals surface area contributed by atoms with Crippen LogP contribution in [0.1, 0.15) is 12.0 Å². The van der Waals surface area contributed by atoms with Gasteiger partial charge in [-0.15, -0.1) is 0 Å². The maximum atomic E-state index is 12.2. The quantitative estimate of drug-likeness (QED) is 0.746. The van der Waals surface area contributed by atoms with E-state index in [9.17, 15) is 4.79 Å². The number of aryl methyl sites for hydroxylation is 1. The van der Waals surface area contributed by atoms with Gasteiger partial charge >= 0.3 is 0 Å². The van der Waals surface area contributed by atoms with Gasteiger partial charge < -0.3 is 19.7 Å². The van der Waals surface area contributed by atoms with E-state index >= 15 is 0 Å². The molecule has 3 aliphatic rings. The van der Waals surface area contributed by atoms with Gasteiger partial charge in [0.25, 0.3) is 0 Å². The predicted octanol–water partition coefficient (Wildman–Crippen LogP) is 0.709. The lowest BCUT2D eigenvalue weighted by atomic mass is 9.93. The van der Waals surface area contributed by atoms with Gasteiger partial charge in [-0.25, -0.2) is 0 Å². The molecule has 1 unspecified atom stereocenters. The highest BCUT2D eigenvalue weighted by atomic mass is 16.6. The summed E-state index contributed by atoms with van der Waals surface area (Å²) in [7, 11) is 0. The van der Waals surface area contributed by atoms with Crippen LogP contribution >= 0.6 is 0 Å². The molecule has 4 rings (SSSR count). The standard InChI is InChI=1S/C14H16N2O3/c17-14-8-15-7-10-2-1-9-5-12-13(19-4-3-18-12)6-11(9)16(10)14/h5-6,10,15H,1-4,7-8H2. The molecule has 5 heteroatoms. The predicted molar refractivity (Wildman–Crippen MR) is 69.9 cm³/mol. The fourth-order valence-electron chi connectivity index (χ4n) is 3.15. The summed E-state index contributed by atoms with van der Waals surface area (Å²) < 4.78 is 11.2. The number of amides is 1. The van der Waals surface area contributed by atoms with E-state index in [2.05, 4.69) is 5.32 Å². The van der Waals surface area contributed by atoms with Crippen LogP contribution in [0.4, 0.5) is 5.69 Å². The van der Waals surface area contributed by atoms with Crippen molar-refractivity contribution in [3.05, 3.63) is 17.7 Å². The Labute approximate surface area is 111 Å². The molecular formula is C14H16N2O3. The first-order valence-electron chi connectivity index (χ1n) is 6.78. The lowest BCUT2D eigenvalue weighted by Crippen LogP contribution is -2.56. The number of carbonyl (C=O) groups is 1. The highest BCUT2D eigenvalue weighted by molar-refractivity contribution is 5.97. The monoisotopic (exact) mass is 260 g/mol. The number of anilines is 1. The summed E-state index contributed by atoms with van der Waals surface area (Å²) in [6.07, 6.45) is 1.99. The van der Waals surface area contributed by atoms with Crippen molar-refractivity contribution in [1.82, 2.24) is 5.32 Å². The minimum Gasteiger partial charge on any atom is -0.486 e. The lowest BCUT2D eigenvalue weighted by Gasteiger charge is -2.41. The molecule has 1 N–H and O–H groups in total. The van der Waals surface area contributed by atoms with Gasteiger partial charge in [0.15, 0.2) is 11.5 Å². The Morgan fingerprint density at radius 3 is 2.84 bits per heavy atom. The van der Waals surface area contributed by atoms with E-state index in [1.165, 1.54) is 5.56 Å². The van der Waals surface area contributed by atoms with Crippen LogP contribution in [-0.4, -0.2) is 38.3 Å². The van der Waals surface area contributed by atoms with Crippen molar-refractivity contribution in [2.75, 3.05) is 31.2 Å². The SMILES string of the molecule is O=C1CNCC2CCc3cc4c(cc3N12)OCCO4. The molecular weight excluding hydrogens is 244 g/mol. The van der Waals surface area contributed by atoms with Crippen molar-refractivity contribution in [3.8, 4) is 11.5 Å². The molecule has 3 aliphatic heterocycles. The summed E-state index contributed by atoms with van der Waals surface area (Å²) in [5.41, 5.74) is 2.20. The van der Waals surface area contributed by atoms with E-state index in [1.54, 1.807) is 0 Å². The van der Waals surface area contributed by atoms with Crippen LogP contribution in [0.25, 0.3) is 0 Å². The number of carbonyl (C=O) groups excluding carboxylic acids is 1. The molecule has 1 atom stereocenters. The molecule has 3 heterocycles. The number of fused-ring (bicyclic) bond motifs is 4. The Morgan fingerprint density at radius 2 is 2.00 bits per heavy atom. The summed E-state index contributed by atoms with van der Waals surface area (Å²) in [6.45, 7) is 2.47. The smallest absolute Gasteiger partial charge is 0.241 e. The number of ether oxygens (including phenoxy) is 2. The highest BCUT2D eigenvalue weighted by Gasteiger charge is 2.34. The average Bonchev–Trinajstić information content (AvgIpc) is 2.45. The molecule has 5 nitrogen and oxygen atoms in total. The van der Waals surface area contributed by atoms with Crippen LogP contribution in [0.5, 0.6) is 11.5 Å². The summed E-state index contributed by atoms with van der Waals surface area (Å²) in [5, 5.41) is 3.18. The molecule has 0 saturated carbocycles. The first kappa shape index (κ1) is 11.1. The molecule has 1 saturated heterocycles. The van der Waals surface area contributed by atoms with E-state index in [0.29, 0.717) is 19.8 Å². The maximum Gasteiger partial charge on any atom is 0.241 e. The number of hydrogen-bond donors (Lipinski definition) is 1. The zero-order chi connectivity index (χ0) is 12.8. The largest absolute Gasteiger partial charge is 0.486 e. The summed E-state index contributed by atoms with van der Waals surface area (Å²) >= 11 is 0. The Morgan fingerprint density at radius 1 is 1.21 bits per heavy atom. The molecule has 0 aromatic heterocycles. The number of benzene rings is 1. The third-order valence-electron chi connectivity index (χ3n) is 4.04. The molecule has 1 amide bonds. The van der Waals surface area contributed by atoms with Crippen molar-refractivity contribution >= 4 is 11.6 Å². The van der Waals surface area contributed by atoms with Crippen LogP contribution in [0.15, 0.2) is 12.1 Å². The van der Waals surface area contributed by atoms with E-state index < -0.39 is 0 Å². The number of nitrogens with one attached hydrogen (secondary N) is 1. The third-order valence-corrected chi connectivity index (χ3v) is 4.04. The minimum absolute atomic E-state index is 0.147. The van der Waals surface area contributed by atoms with Crippen LogP contribution in [0, 0.1) is 0 Å². The second-order valence-corrected chi connectivity index (χ2v) is 5.21. The maximum absolute atomic E-state index is 12.2. The number of piperazine rings is 1. The van der Waals surface area contributed by atoms with E-state index in [1.807, 2.05) is 17.0 Å². The molecule has 100 valence electrons. The van der Waals surface area contributed by atoms with Crippen LogP contribution in [0.3, 0.4) is 0 Å². The normalized spacial score (nSPS) is 24.7. The summed E-state index contributed by atoms with van der Waals surface area (Å²) in [4.78, 5) is 14.1. The first-order valence-corrected chi connectivity index (χ1v) is 6.78. The second-order valence-electron chi connectivity index (χ2n) is 5.21. The van der Waals surface area contributed by atoms with Gasteiger partial charge in [0.2, 0.25) is 5.91 Å². The Hall–Kier alpha value is -1.75. The topological polar surface area (TPSA) is 50.8 Å². The number of hydrogen-bond acceptors (Lipinski definition) is 4. The molecule has 1 fully saturated rings. The van der Waals surface area contributed by atoms with Crippen molar-refractivity contribution < 1.29 is 14.3 Å². The van der Waals surface area contributed by atoms with Crippen molar-refractivity contribution in [3.63, 3.8) is 0 Å². The summed E-state index contributed by atoms with van der Waals surface area (Å²) in [6, 6.07) is 4.28. The minimum atomic E-state index is 0.147. The van der Waals surface area contributed by atoms with E-state index in [0.717, 1.165) is 36.6 Å². The first-order chi connectivity index (χ1) is 9.33. The van der Waals surface area contributed by atoms with Gasteiger partial charge in [-0.05, 0) is 24.5 Å². The number of nitrogens with zero attached hydrogens (tertiary/aromatic N) is 1. The Kier molecular flexibility index (Phi) is 2.41. The summed E-state index contributed by atoms with van der Waals surface area (Å²) in [5.74, 6) is 1.72. The second kappa shape index (κ2) is 4.13. The van der Waals surface area contributed by atoms with Gasteiger partial charge in [0.1, 0.15) is 13.2 Å². The lowest BCUT2D eigenvalue weighted by molar-refractivity contribution is -0.119. The fourth-order valence-corrected chi connectivity index (χ4v) is 3.15. The Bertz CT molecular complexity index is 544. The van der Waals surface area contributed by atoms with Gasteiger partial charge in [-0.1, -0.05) is 0 Å². The van der Waals surface area contributed by atoms with Gasteiger partial charge in [0, 0.05) is 18.7 Å². The zero-order valence-electron chi connectivity index (χ0n) is 10.6.